The molecule has 0 unspecified atom stereocenters. The van der Waals surface area contributed by atoms with Crippen LogP contribution in [0.2, 0.25) is 0 Å². The zero-order chi connectivity index (χ0) is 46.5. The first-order chi connectivity index (χ1) is 29.9. The monoisotopic (exact) mass is 877 g/mol. The average Bonchev–Trinajstić information content (AvgIpc) is 3.65. The molecule has 340 valence electrons. The number of para-hydroxylation sites is 1. The Hall–Kier alpha value is -7.56. The number of carbonyl (C=O) groups is 9. The maximum atomic E-state index is 13.4. The lowest BCUT2D eigenvalue weighted by atomic mass is 10.0. The van der Waals surface area contributed by atoms with Crippen molar-refractivity contribution >= 4 is 70.1 Å². The van der Waals surface area contributed by atoms with Crippen LogP contribution >= 0.6 is 0 Å². The fraction of sp³-hybridized carbons (Fsp3) is 0.400. The standard InChI is InChI=1S/C40H55N13O10/c1-22(35(58)48-19-32(55)47-20-34(57)51-28(13-14-31(42)54)38(61)52-29(39(62)63)12-7-15-45-40(43)44)50-33(56)21-49-37(60)30(17-24-18-46-27-11-6-5-10-25(24)27)53-36(59)26(41)16-23-8-3-2-4-9-23/h2-6,8-11,18,22,26,28-30,46H,7,12-17,19-21,41H2,1H3,(H2,42,54)(H,47,55)(H,48,58)(H,49,60)(H,50,56)(H,51,57)(H,52,61)(H,53,59)(H,62,63)(H4,43,44,45)/t22-,26-,28-,29-,30-/m0/s1. The number of rotatable bonds is 26. The van der Waals surface area contributed by atoms with Gasteiger partial charge in [-0.05, 0) is 49.8 Å². The van der Waals surface area contributed by atoms with Crippen molar-refractivity contribution < 1.29 is 48.3 Å². The van der Waals surface area contributed by atoms with Gasteiger partial charge < -0.3 is 70.2 Å². The normalized spacial score (nSPS) is 13.1. The second-order valence-corrected chi connectivity index (χ2v) is 14.4. The number of primary amides is 1. The Morgan fingerprint density at radius 3 is 1.97 bits per heavy atom. The van der Waals surface area contributed by atoms with E-state index in [1.165, 1.54) is 6.92 Å². The summed E-state index contributed by atoms with van der Waals surface area (Å²) in [6.45, 7) is -0.455. The van der Waals surface area contributed by atoms with E-state index in [1.54, 1.807) is 6.20 Å². The van der Waals surface area contributed by atoms with Crippen LogP contribution in [0.1, 0.15) is 43.7 Å². The molecule has 0 saturated heterocycles. The number of aromatic amines is 1. The maximum Gasteiger partial charge on any atom is 0.326 e. The van der Waals surface area contributed by atoms with Gasteiger partial charge in [0.15, 0.2) is 5.96 Å². The molecule has 0 bridgehead atoms. The lowest BCUT2D eigenvalue weighted by Gasteiger charge is -2.21. The lowest BCUT2D eigenvalue weighted by Crippen LogP contribution is -2.55. The van der Waals surface area contributed by atoms with E-state index in [0.29, 0.717) is 0 Å². The number of hydrogen-bond acceptors (Lipinski definition) is 11. The number of carboxylic acid groups (broad SMARTS) is 1. The molecule has 23 heteroatoms. The van der Waals surface area contributed by atoms with Gasteiger partial charge in [0, 0.05) is 36.5 Å². The van der Waals surface area contributed by atoms with E-state index in [2.05, 4.69) is 47.2 Å². The van der Waals surface area contributed by atoms with Crippen LogP contribution in [0.25, 0.3) is 10.9 Å². The first-order valence-electron chi connectivity index (χ1n) is 19.9. The topological polar surface area (TPSA) is 390 Å². The third-order valence-corrected chi connectivity index (χ3v) is 9.32. The quantitative estimate of drug-likeness (QED) is 0.0208. The van der Waals surface area contributed by atoms with E-state index in [-0.39, 0.29) is 51.0 Å². The number of nitrogens with zero attached hydrogens (tertiary/aromatic N) is 1. The Bertz CT molecular complexity index is 2120. The number of hydrogen-bond donors (Lipinski definition) is 13. The molecule has 0 saturated carbocycles. The highest BCUT2D eigenvalue weighted by Crippen LogP contribution is 2.19. The third-order valence-electron chi connectivity index (χ3n) is 9.32. The minimum Gasteiger partial charge on any atom is -0.480 e. The van der Waals surface area contributed by atoms with Crippen molar-refractivity contribution in [1.82, 2.24) is 42.2 Å². The summed E-state index contributed by atoms with van der Waals surface area (Å²) in [5.41, 5.74) is 24.3. The number of fused-ring (bicyclic) bond motifs is 1. The summed E-state index contributed by atoms with van der Waals surface area (Å²) >= 11 is 0. The van der Waals surface area contributed by atoms with E-state index in [9.17, 15) is 48.3 Å². The van der Waals surface area contributed by atoms with E-state index in [4.69, 9.17) is 22.9 Å². The Labute approximate surface area is 361 Å². The number of guanidine groups is 1. The summed E-state index contributed by atoms with van der Waals surface area (Å²) < 4.78 is 0. The molecular weight excluding hydrogens is 823 g/mol. The van der Waals surface area contributed by atoms with Crippen molar-refractivity contribution in [1.29, 1.82) is 0 Å². The van der Waals surface area contributed by atoms with Gasteiger partial charge >= 0.3 is 5.97 Å². The molecule has 23 nitrogen and oxygen atoms in total. The van der Waals surface area contributed by atoms with Gasteiger partial charge in [0.05, 0.1) is 25.7 Å². The lowest BCUT2D eigenvalue weighted by molar-refractivity contribution is -0.142. The molecule has 17 N–H and O–H groups in total. The second-order valence-electron chi connectivity index (χ2n) is 14.4. The SMILES string of the molecule is C[C@H](NC(=O)CNC(=O)[C@H](Cc1c[nH]c2ccccc12)NC(=O)[C@@H](N)Cc1ccccc1)C(=O)NCC(=O)NCC(=O)N[C@@H](CCC(N)=O)C(=O)N[C@@H](CCCN=C(N)N)C(=O)O. The fourth-order valence-electron chi connectivity index (χ4n) is 6.01. The number of aliphatic imine (C=N–C) groups is 1. The summed E-state index contributed by atoms with van der Waals surface area (Å²) in [6.07, 6.45) is 1.52. The van der Waals surface area contributed by atoms with Gasteiger partial charge in [0.1, 0.15) is 24.2 Å². The van der Waals surface area contributed by atoms with Crippen LogP contribution in [0.5, 0.6) is 0 Å². The van der Waals surface area contributed by atoms with E-state index < -0.39 is 103 Å². The number of nitrogens with two attached hydrogens (primary N) is 4. The predicted molar refractivity (Wildman–Crippen MR) is 229 cm³/mol. The van der Waals surface area contributed by atoms with Crippen molar-refractivity contribution in [3.63, 3.8) is 0 Å². The number of H-pyrrole nitrogens is 1. The van der Waals surface area contributed by atoms with Gasteiger partial charge in [-0.1, -0.05) is 48.5 Å². The molecule has 8 amide bonds. The molecule has 3 rings (SSSR count). The van der Waals surface area contributed by atoms with Crippen LogP contribution in [0, 0.1) is 0 Å². The molecule has 3 aromatic rings. The van der Waals surface area contributed by atoms with Gasteiger partial charge in [-0.2, -0.15) is 0 Å². The van der Waals surface area contributed by atoms with Gasteiger partial charge in [-0.3, -0.25) is 43.3 Å². The van der Waals surface area contributed by atoms with Crippen molar-refractivity contribution in [2.75, 3.05) is 26.2 Å². The second kappa shape index (κ2) is 25.3. The minimum absolute atomic E-state index is 0.0600. The molecule has 63 heavy (non-hydrogen) atoms. The summed E-state index contributed by atoms with van der Waals surface area (Å²) in [7, 11) is 0. The minimum atomic E-state index is -1.40. The Morgan fingerprint density at radius 1 is 0.667 bits per heavy atom. The summed E-state index contributed by atoms with van der Waals surface area (Å²) in [5, 5.41) is 27.1. The highest BCUT2D eigenvalue weighted by molar-refractivity contribution is 5.96. The fourth-order valence-corrected chi connectivity index (χ4v) is 6.01. The first kappa shape index (κ1) is 49.8. The number of amides is 8. The largest absolute Gasteiger partial charge is 0.480 e. The van der Waals surface area contributed by atoms with Crippen LogP contribution < -0.4 is 60.2 Å². The van der Waals surface area contributed by atoms with Crippen molar-refractivity contribution in [2.45, 2.75) is 75.7 Å². The number of benzene rings is 2. The highest BCUT2D eigenvalue weighted by atomic mass is 16.4. The zero-order valence-corrected chi connectivity index (χ0v) is 34.6. The summed E-state index contributed by atoms with van der Waals surface area (Å²) in [5.74, 6) is -7.82. The zero-order valence-electron chi connectivity index (χ0n) is 34.6. The molecule has 5 atom stereocenters. The van der Waals surface area contributed by atoms with Crippen LogP contribution in [0.4, 0.5) is 0 Å². The third kappa shape index (κ3) is 17.9. The Kier molecular flexibility index (Phi) is 20.0. The van der Waals surface area contributed by atoms with Gasteiger partial charge in [0.2, 0.25) is 47.3 Å². The number of carbonyl (C=O) groups excluding carboxylic acids is 8. The van der Waals surface area contributed by atoms with Crippen molar-refractivity contribution in [3.05, 3.63) is 71.9 Å². The van der Waals surface area contributed by atoms with Crippen LogP contribution in [0.15, 0.2) is 65.8 Å². The number of nitrogens with one attached hydrogen (secondary N) is 8. The Balaban J connectivity index is 1.48. The maximum absolute atomic E-state index is 13.4. The molecule has 0 fully saturated rings. The molecule has 1 heterocycles. The molecule has 0 aliphatic heterocycles. The molecule has 0 spiro atoms. The first-order valence-corrected chi connectivity index (χ1v) is 19.9. The molecule has 1 aromatic heterocycles. The molecule has 0 aliphatic carbocycles. The molecule has 2 aromatic carbocycles. The smallest absolute Gasteiger partial charge is 0.326 e. The number of aromatic nitrogens is 1. The molecular formula is C40H55N13O10. The van der Waals surface area contributed by atoms with Crippen LogP contribution in [0.3, 0.4) is 0 Å². The predicted octanol–water partition coefficient (Wildman–Crippen LogP) is -4.01. The number of aliphatic carboxylic acids is 1. The van der Waals surface area contributed by atoms with Crippen molar-refractivity contribution in [3.8, 4) is 0 Å². The van der Waals surface area contributed by atoms with E-state index >= 15 is 0 Å². The highest BCUT2D eigenvalue weighted by Gasteiger charge is 2.28. The van der Waals surface area contributed by atoms with E-state index in [1.807, 2.05) is 54.6 Å². The Morgan fingerprint density at radius 2 is 1.29 bits per heavy atom. The van der Waals surface area contributed by atoms with Gasteiger partial charge in [-0.15, -0.1) is 0 Å². The summed E-state index contributed by atoms with van der Waals surface area (Å²) in [4.78, 5) is 120. The average molecular weight is 878 g/mol. The van der Waals surface area contributed by atoms with Gasteiger partial charge in [0.25, 0.3) is 0 Å². The van der Waals surface area contributed by atoms with Crippen LogP contribution in [-0.4, -0.2) is 126 Å². The van der Waals surface area contributed by atoms with Crippen molar-refractivity contribution in [2.24, 2.45) is 27.9 Å². The van der Waals surface area contributed by atoms with Gasteiger partial charge in [-0.25, -0.2) is 4.79 Å². The van der Waals surface area contributed by atoms with E-state index in [0.717, 1.165) is 22.0 Å². The number of carboxylic acids is 1. The molecule has 0 radical (unpaired) electrons. The molecule has 0 aliphatic rings. The summed E-state index contributed by atoms with van der Waals surface area (Å²) in [6, 6.07) is 10.4. The van der Waals surface area contributed by atoms with Crippen LogP contribution in [-0.2, 0) is 56.0 Å².